The van der Waals surface area contributed by atoms with Gasteiger partial charge in [-0.1, -0.05) is 12.1 Å². The maximum absolute atomic E-state index is 13.2. The van der Waals surface area contributed by atoms with Crippen LogP contribution in [0.2, 0.25) is 0 Å². The quantitative estimate of drug-likeness (QED) is 0.313. The van der Waals surface area contributed by atoms with E-state index in [1.165, 1.54) is 0 Å². The molecule has 1 aliphatic rings. The maximum Gasteiger partial charge on any atom is 0.673 e. The van der Waals surface area contributed by atoms with Crippen LogP contribution in [-0.2, 0) is 5.51 Å². The lowest BCUT2D eigenvalue weighted by Crippen LogP contribution is -2.02. The number of fused-ring (bicyclic) bond motifs is 1. The molecule has 22 heavy (non-hydrogen) atoms. The first kappa shape index (κ1) is 17.1. The summed E-state index contributed by atoms with van der Waals surface area (Å²) in [6, 6.07) is 7.02. The second kappa shape index (κ2) is 5.75. The van der Waals surface area contributed by atoms with Crippen LogP contribution in [-0.4, -0.2) is 7.25 Å². The van der Waals surface area contributed by atoms with E-state index < -0.39 is 23.2 Å². The van der Waals surface area contributed by atoms with Crippen molar-refractivity contribution in [3.8, 4) is 0 Å². The van der Waals surface area contributed by atoms with Crippen molar-refractivity contribution in [1.29, 1.82) is 0 Å². The Morgan fingerprint density at radius 2 is 1.64 bits per heavy atom. The summed E-state index contributed by atoms with van der Waals surface area (Å²) in [5.41, 5.74) is -3.19. The zero-order valence-corrected chi connectivity index (χ0v) is 12.2. The predicted molar refractivity (Wildman–Crippen MR) is 74.6 cm³/mol. The molecule has 122 valence electrons. The van der Waals surface area contributed by atoms with Crippen molar-refractivity contribution in [3.63, 3.8) is 0 Å². The zero-order chi connectivity index (χ0) is 16.7. The van der Waals surface area contributed by atoms with E-state index in [-0.39, 0.29) is 5.92 Å². The number of alkyl halides is 3. The molecule has 0 N–H and O–H groups in total. The lowest BCUT2D eigenvalue weighted by atomic mass is 10.1. The fourth-order valence-corrected chi connectivity index (χ4v) is 4.49. The first-order chi connectivity index (χ1) is 9.98. The minimum Gasteiger partial charge on any atom is -0.418 e. The lowest BCUT2D eigenvalue weighted by molar-refractivity contribution is -0.0867. The van der Waals surface area contributed by atoms with Crippen LogP contribution < -0.4 is 0 Å². The van der Waals surface area contributed by atoms with Crippen LogP contribution in [0.4, 0.5) is 30.4 Å². The SMILES string of the molecule is Cc1cccc2c1cc(C1CC1)[s+]2C(F)(F)F.F[B-](F)(F)F. The Bertz CT molecular complexity index is 661. The van der Waals surface area contributed by atoms with E-state index in [2.05, 4.69) is 0 Å². The Hall–Kier alpha value is -1.25. The second-order valence-electron chi connectivity index (χ2n) is 5.05. The van der Waals surface area contributed by atoms with Crippen molar-refractivity contribution < 1.29 is 30.4 Å². The van der Waals surface area contributed by atoms with Crippen LogP contribution in [0.5, 0.6) is 0 Å². The third kappa shape index (κ3) is 4.15. The first-order valence-electron chi connectivity index (χ1n) is 6.48. The van der Waals surface area contributed by atoms with Crippen molar-refractivity contribution in [1.82, 2.24) is 0 Å². The topological polar surface area (TPSA) is 0 Å². The van der Waals surface area contributed by atoms with Gasteiger partial charge >= 0.3 is 12.8 Å². The van der Waals surface area contributed by atoms with E-state index in [1.54, 1.807) is 18.2 Å². The van der Waals surface area contributed by atoms with Crippen LogP contribution in [0.25, 0.3) is 10.1 Å². The first-order valence-corrected chi connectivity index (χ1v) is 7.70. The third-order valence-corrected chi connectivity index (χ3v) is 5.42. The molecule has 1 unspecified atom stereocenters. The number of hydrogen-bond acceptors (Lipinski definition) is 0. The van der Waals surface area contributed by atoms with Gasteiger partial charge in [0.25, 0.3) is 0 Å². The molecule has 0 nitrogen and oxygen atoms in total. The van der Waals surface area contributed by atoms with Gasteiger partial charge in [-0.25, -0.2) is 0 Å². The summed E-state index contributed by atoms with van der Waals surface area (Å²) in [7, 11) is -7.67. The molecule has 1 atom stereocenters. The largest absolute Gasteiger partial charge is 0.673 e. The maximum atomic E-state index is 13.2. The summed E-state index contributed by atoms with van der Waals surface area (Å²) < 4.78 is 79.0. The normalized spacial score (nSPS) is 16.5. The Labute approximate surface area is 125 Å². The molecule has 1 aliphatic carbocycles. The fraction of sp³-hybridized carbons (Fsp3) is 0.385. The number of halogens is 7. The highest BCUT2D eigenvalue weighted by atomic mass is 32.2. The van der Waals surface area contributed by atoms with Crippen molar-refractivity contribution >= 4 is 27.8 Å². The molecule has 1 aromatic heterocycles. The number of thiophene rings is 1. The summed E-state index contributed by atoms with van der Waals surface area (Å²) in [5, 5.41) is 0.801. The summed E-state index contributed by atoms with van der Waals surface area (Å²) in [5.74, 6) is 0.173. The number of aryl methyl sites for hydroxylation is 1. The molecule has 0 bridgehead atoms. The monoisotopic (exact) mass is 344 g/mol. The van der Waals surface area contributed by atoms with Gasteiger partial charge in [0.2, 0.25) is 0 Å². The van der Waals surface area contributed by atoms with Crippen LogP contribution in [0, 0.1) is 6.92 Å². The molecule has 3 rings (SSSR count). The minimum atomic E-state index is -6.00. The highest BCUT2D eigenvalue weighted by Crippen LogP contribution is 2.57. The number of rotatable bonds is 1. The molecule has 0 radical (unpaired) electrons. The van der Waals surface area contributed by atoms with E-state index in [4.69, 9.17) is 0 Å². The molecule has 0 amide bonds. The van der Waals surface area contributed by atoms with Crippen LogP contribution in [0.15, 0.2) is 24.3 Å². The highest BCUT2D eigenvalue weighted by Gasteiger charge is 2.51. The minimum absolute atomic E-state index is 0.173. The van der Waals surface area contributed by atoms with Crippen molar-refractivity contribution in [2.45, 2.75) is 31.2 Å². The van der Waals surface area contributed by atoms with Gasteiger partial charge in [0, 0.05) is 17.4 Å². The molecule has 1 heterocycles. The Balaban J connectivity index is 0.000000309. The van der Waals surface area contributed by atoms with E-state index in [9.17, 15) is 30.4 Å². The smallest absolute Gasteiger partial charge is 0.418 e. The fourth-order valence-electron chi connectivity index (χ4n) is 2.26. The van der Waals surface area contributed by atoms with Gasteiger partial charge in [-0.3, -0.25) is 0 Å². The summed E-state index contributed by atoms with van der Waals surface area (Å²) in [6.07, 6.45) is 1.83. The van der Waals surface area contributed by atoms with E-state index in [1.807, 2.05) is 13.0 Å². The molecule has 0 saturated heterocycles. The summed E-state index contributed by atoms with van der Waals surface area (Å²) in [6.45, 7) is 1.88. The van der Waals surface area contributed by atoms with E-state index in [0.29, 0.717) is 9.58 Å². The van der Waals surface area contributed by atoms with Crippen LogP contribution in [0.1, 0.15) is 29.2 Å². The average molecular weight is 344 g/mol. The van der Waals surface area contributed by atoms with E-state index in [0.717, 1.165) is 23.8 Å². The zero-order valence-electron chi connectivity index (χ0n) is 11.4. The van der Waals surface area contributed by atoms with Crippen molar-refractivity contribution in [3.05, 3.63) is 34.7 Å². The van der Waals surface area contributed by atoms with Crippen LogP contribution in [0.3, 0.4) is 0 Å². The molecular weight excluding hydrogens is 332 g/mol. The van der Waals surface area contributed by atoms with Gasteiger partial charge in [0.1, 0.15) is 0 Å². The van der Waals surface area contributed by atoms with Crippen molar-refractivity contribution in [2.75, 3.05) is 0 Å². The molecule has 9 heteroatoms. The number of hydrogen-bond donors (Lipinski definition) is 0. The van der Waals surface area contributed by atoms with Crippen LogP contribution >= 0.6 is 10.5 Å². The third-order valence-electron chi connectivity index (χ3n) is 3.24. The average Bonchev–Trinajstić information content (AvgIpc) is 3.06. The standard InChI is InChI=1S/C13H12F3S.BF4/c1-8-3-2-4-11-10(8)7-12(9-5-6-9)17(11)13(14,15)16;2-1(3,4)5/h2-4,7,9H,5-6H2,1H3;/q+1;-1. The molecule has 0 spiro atoms. The van der Waals surface area contributed by atoms with Gasteiger partial charge in [-0.2, -0.15) is 0 Å². The Morgan fingerprint density at radius 3 is 2.09 bits per heavy atom. The molecule has 0 aliphatic heterocycles. The highest BCUT2D eigenvalue weighted by molar-refractivity contribution is 7.38. The van der Waals surface area contributed by atoms with E-state index >= 15 is 0 Å². The van der Waals surface area contributed by atoms with Gasteiger partial charge in [-0.05, 0) is 31.4 Å². The number of benzene rings is 1. The van der Waals surface area contributed by atoms with Gasteiger partial charge < -0.3 is 17.3 Å². The summed E-state index contributed by atoms with van der Waals surface area (Å²) >= 11 is 0. The van der Waals surface area contributed by atoms with Gasteiger partial charge in [0.05, 0.1) is 10.5 Å². The molecule has 1 saturated carbocycles. The second-order valence-corrected chi connectivity index (χ2v) is 7.04. The van der Waals surface area contributed by atoms with Crippen molar-refractivity contribution in [2.24, 2.45) is 0 Å². The van der Waals surface area contributed by atoms with Gasteiger partial charge in [0.15, 0.2) is 9.58 Å². The molecule has 1 aromatic carbocycles. The predicted octanol–water partition coefficient (Wildman–Crippen LogP) is 6.55. The summed E-state index contributed by atoms with van der Waals surface area (Å²) in [4.78, 5) is 0.613. The molecule has 2 aromatic rings. The Kier molecular flexibility index (Phi) is 4.48. The Morgan fingerprint density at radius 1 is 1.09 bits per heavy atom. The molecular formula is C13H12BF7S. The molecule has 1 fully saturated rings. The van der Waals surface area contributed by atoms with Gasteiger partial charge in [-0.15, -0.1) is 13.2 Å². The lowest BCUT2D eigenvalue weighted by Gasteiger charge is -1.98.